The van der Waals surface area contributed by atoms with E-state index in [-0.39, 0.29) is 5.56 Å². The molecule has 2 aromatic heterocycles. The number of para-hydroxylation sites is 1. The summed E-state index contributed by atoms with van der Waals surface area (Å²) in [6.07, 6.45) is 1.76. The van der Waals surface area contributed by atoms with Crippen LogP contribution in [-0.2, 0) is 11.3 Å². The number of hydrogen-bond donors (Lipinski definition) is 1. The molecule has 2 aromatic carbocycles. The second kappa shape index (κ2) is 12.0. The van der Waals surface area contributed by atoms with Gasteiger partial charge in [0.2, 0.25) is 5.95 Å². The summed E-state index contributed by atoms with van der Waals surface area (Å²) in [6, 6.07) is 18.4. The van der Waals surface area contributed by atoms with E-state index >= 15 is 0 Å². The first kappa shape index (κ1) is 26.8. The van der Waals surface area contributed by atoms with Crippen molar-refractivity contribution in [3.8, 4) is 11.8 Å². The zero-order chi connectivity index (χ0) is 28.2. The van der Waals surface area contributed by atoms with Crippen molar-refractivity contribution in [3.05, 3.63) is 82.3 Å². The predicted molar refractivity (Wildman–Crippen MR) is 164 cm³/mol. The van der Waals surface area contributed by atoms with Gasteiger partial charge in [-0.1, -0.05) is 24.1 Å². The van der Waals surface area contributed by atoms with Crippen LogP contribution in [0.2, 0.25) is 0 Å². The Morgan fingerprint density at radius 1 is 0.951 bits per heavy atom. The van der Waals surface area contributed by atoms with Crippen molar-refractivity contribution in [2.24, 2.45) is 0 Å². The van der Waals surface area contributed by atoms with Gasteiger partial charge in [-0.3, -0.25) is 9.36 Å². The molecule has 0 bridgehead atoms. The molecule has 0 radical (unpaired) electrons. The summed E-state index contributed by atoms with van der Waals surface area (Å²) >= 11 is 0. The predicted octanol–water partition coefficient (Wildman–Crippen LogP) is 3.54. The van der Waals surface area contributed by atoms with Crippen molar-refractivity contribution in [1.29, 1.82) is 0 Å². The van der Waals surface area contributed by atoms with Crippen LogP contribution in [0.15, 0.2) is 65.6 Å². The number of fused-ring (bicyclic) bond motifs is 1. The van der Waals surface area contributed by atoms with Gasteiger partial charge < -0.3 is 24.8 Å². The van der Waals surface area contributed by atoms with Gasteiger partial charge in [0.15, 0.2) is 0 Å². The summed E-state index contributed by atoms with van der Waals surface area (Å²) in [4.78, 5) is 30.2. The number of rotatable bonds is 6. The quantitative estimate of drug-likeness (QED) is 0.366. The number of ether oxygens (including phenoxy) is 1. The molecule has 9 heteroatoms. The third-order valence-electron chi connectivity index (χ3n) is 7.75. The largest absolute Gasteiger partial charge is 0.378 e. The monoisotopic (exact) mass is 549 g/mol. The molecule has 41 heavy (non-hydrogen) atoms. The van der Waals surface area contributed by atoms with Crippen LogP contribution in [0.3, 0.4) is 0 Å². The highest BCUT2D eigenvalue weighted by molar-refractivity contribution is 5.78. The van der Waals surface area contributed by atoms with Crippen LogP contribution in [0.4, 0.5) is 23.0 Å². The Kier molecular flexibility index (Phi) is 7.85. The Morgan fingerprint density at radius 2 is 1.71 bits per heavy atom. The highest BCUT2D eigenvalue weighted by atomic mass is 16.5. The Labute approximate surface area is 240 Å². The number of nitrogens with zero attached hydrogens (tertiary/aromatic N) is 6. The van der Waals surface area contributed by atoms with Crippen LogP contribution >= 0.6 is 0 Å². The fraction of sp³-hybridized carbons (Fsp3) is 0.344. The lowest BCUT2D eigenvalue weighted by Crippen LogP contribution is -2.44. The van der Waals surface area contributed by atoms with Gasteiger partial charge in [-0.2, -0.15) is 4.98 Å². The van der Waals surface area contributed by atoms with E-state index in [0.717, 1.165) is 61.6 Å². The zero-order valence-electron chi connectivity index (χ0n) is 23.6. The summed E-state index contributed by atoms with van der Waals surface area (Å²) in [5.41, 5.74) is 5.10. The normalized spacial score (nSPS) is 16.0. The summed E-state index contributed by atoms with van der Waals surface area (Å²) in [5, 5.41) is 4.10. The molecule has 6 rings (SSSR count). The molecule has 210 valence electrons. The first-order valence-electron chi connectivity index (χ1n) is 14.1. The van der Waals surface area contributed by atoms with Gasteiger partial charge in [0, 0.05) is 67.9 Å². The van der Waals surface area contributed by atoms with E-state index in [0.29, 0.717) is 36.9 Å². The van der Waals surface area contributed by atoms with Crippen LogP contribution in [0.5, 0.6) is 0 Å². The van der Waals surface area contributed by atoms with Crippen molar-refractivity contribution in [2.75, 3.05) is 74.6 Å². The fourth-order valence-corrected chi connectivity index (χ4v) is 5.47. The summed E-state index contributed by atoms with van der Waals surface area (Å²) in [7, 11) is 2.16. The van der Waals surface area contributed by atoms with E-state index in [1.807, 2.05) is 24.3 Å². The van der Waals surface area contributed by atoms with Crippen LogP contribution in [-0.4, -0.2) is 79.0 Å². The Hall–Kier alpha value is -4.39. The molecule has 0 unspecified atom stereocenters. The van der Waals surface area contributed by atoms with Crippen molar-refractivity contribution < 1.29 is 4.74 Å². The Bertz CT molecular complexity index is 1640. The van der Waals surface area contributed by atoms with Gasteiger partial charge in [0.25, 0.3) is 5.56 Å². The lowest BCUT2D eigenvalue weighted by molar-refractivity contribution is 0.122. The number of morpholine rings is 1. The zero-order valence-corrected chi connectivity index (χ0v) is 23.6. The Balaban J connectivity index is 1.32. The molecular weight excluding hydrogens is 514 g/mol. The first-order valence-corrected chi connectivity index (χ1v) is 14.1. The molecule has 4 heterocycles. The molecule has 9 nitrogen and oxygen atoms in total. The third kappa shape index (κ3) is 5.89. The average Bonchev–Trinajstić information content (AvgIpc) is 3.01. The number of piperazine rings is 1. The standard InChI is InChI=1S/C32H35N7O2/c1-3-6-24-21-26-22-33-32(34-27-9-11-28(12-10-27)37-15-13-36(2)14-16-37)35-30(26)39(31(24)40)23-25-7-4-5-8-29(25)38-17-19-41-20-18-38/h4-5,7-12,21-22H,13-20,23H2,1-2H3,(H,33,34,35). The van der Waals surface area contributed by atoms with Crippen molar-refractivity contribution in [3.63, 3.8) is 0 Å². The minimum Gasteiger partial charge on any atom is -0.378 e. The van der Waals surface area contributed by atoms with Gasteiger partial charge in [-0.25, -0.2) is 4.98 Å². The summed E-state index contributed by atoms with van der Waals surface area (Å²) < 4.78 is 7.28. The fourth-order valence-electron chi connectivity index (χ4n) is 5.47. The van der Waals surface area contributed by atoms with Crippen LogP contribution in [0, 0.1) is 11.8 Å². The molecule has 2 fully saturated rings. The molecule has 0 saturated carbocycles. The molecule has 0 atom stereocenters. The highest BCUT2D eigenvalue weighted by Crippen LogP contribution is 2.25. The number of nitrogens with one attached hydrogen (secondary N) is 1. The topological polar surface area (TPSA) is 78.8 Å². The minimum atomic E-state index is -0.162. The molecule has 1 N–H and O–H groups in total. The number of likely N-dealkylation sites (N-methyl/N-ethyl adjacent to an activating group) is 1. The molecule has 0 amide bonds. The van der Waals surface area contributed by atoms with E-state index in [1.165, 1.54) is 5.69 Å². The lowest BCUT2D eigenvalue weighted by Gasteiger charge is -2.34. The van der Waals surface area contributed by atoms with Crippen molar-refractivity contribution >= 4 is 34.0 Å². The smallest absolute Gasteiger partial charge is 0.268 e. The maximum Gasteiger partial charge on any atom is 0.268 e. The van der Waals surface area contributed by atoms with E-state index < -0.39 is 0 Å². The maximum atomic E-state index is 13.7. The van der Waals surface area contributed by atoms with E-state index in [2.05, 4.69) is 68.2 Å². The summed E-state index contributed by atoms with van der Waals surface area (Å²) in [5.74, 6) is 6.29. The molecule has 2 aliphatic heterocycles. The molecule has 4 aromatic rings. The number of hydrogen-bond acceptors (Lipinski definition) is 8. The SMILES string of the molecule is CC#Cc1cc2cnc(Nc3ccc(N4CCN(C)CC4)cc3)nc2n(Cc2ccccc2N2CCOCC2)c1=O. The van der Waals surface area contributed by atoms with Gasteiger partial charge in [0.1, 0.15) is 5.65 Å². The van der Waals surface area contributed by atoms with E-state index in [9.17, 15) is 4.79 Å². The summed E-state index contributed by atoms with van der Waals surface area (Å²) in [6.45, 7) is 9.30. The van der Waals surface area contributed by atoms with Crippen LogP contribution in [0.25, 0.3) is 11.0 Å². The van der Waals surface area contributed by atoms with E-state index in [4.69, 9.17) is 9.72 Å². The molecule has 0 aliphatic carbocycles. The van der Waals surface area contributed by atoms with Crippen molar-refractivity contribution in [2.45, 2.75) is 13.5 Å². The minimum absolute atomic E-state index is 0.162. The third-order valence-corrected chi connectivity index (χ3v) is 7.75. The number of pyridine rings is 1. The first-order chi connectivity index (χ1) is 20.1. The second-order valence-electron chi connectivity index (χ2n) is 10.5. The lowest BCUT2D eigenvalue weighted by atomic mass is 10.1. The maximum absolute atomic E-state index is 13.7. The molecular formula is C32H35N7O2. The number of anilines is 4. The highest BCUT2D eigenvalue weighted by Gasteiger charge is 2.18. The average molecular weight is 550 g/mol. The number of aromatic nitrogens is 3. The van der Waals surface area contributed by atoms with Crippen molar-refractivity contribution in [1.82, 2.24) is 19.4 Å². The molecule has 0 spiro atoms. The van der Waals surface area contributed by atoms with Gasteiger partial charge in [-0.15, -0.1) is 5.92 Å². The second-order valence-corrected chi connectivity index (χ2v) is 10.5. The van der Waals surface area contributed by atoms with Crippen LogP contribution in [0.1, 0.15) is 18.1 Å². The van der Waals surface area contributed by atoms with Crippen LogP contribution < -0.4 is 20.7 Å². The molecule has 2 saturated heterocycles. The van der Waals surface area contributed by atoms with Gasteiger partial charge >= 0.3 is 0 Å². The molecule has 2 aliphatic rings. The van der Waals surface area contributed by atoms with Gasteiger partial charge in [0.05, 0.1) is 25.3 Å². The van der Waals surface area contributed by atoms with Gasteiger partial charge in [-0.05, 0) is 55.9 Å². The van der Waals surface area contributed by atoms with E-state index in [1.54, 1.807) is 23.8 Å². The number of benzene rings is 2. The Morgan fingerprint density at radius 3 is 2.46 bits per heavy atom.